The molecule has 0 aliphatic heterocycles. The topological polar surface area (TPSA) is 48.1 Å². The summed E-state index contributed by atoms with van der Waals surface area (Å²) in [6.45, 7) is 3.12. The number of hydrogen-bond acceptors (Lipinski definition) is 2. The van der Waals surface area contributed by atoms with Crippen molar-refractivity contribution in [1.29, 1.82) is 0 Å². The quantitative estimate of drug-likeness (QED) is 0.583. The average molecular weight is 218 g/mol. The van der Waals surface area contributed by atoms with E-state index < -0.39 is 0 Å². The van der Waals surface area contributed by atoms with Crippen molar-refractivity contribution in [2.75, 3.05) is 0 Å². The monoisotopic (exact) mass is 218 g/mol. The summed E-state index contributed by atoms with van der Waals surface area (Å²) in [4.78, 5) is 10.3. The number of non-ortho nitro benzene ring substituents is 1. The molecule has 0 aliphatic rings. The van der Waals surface area contributed by atoms with Gasteiger partial charge in [0.15, 0.2) is 0 Å². The zero-order valence-corrected chi connectivity index (χ0v) is 9.22. The molecule has 1 heterocycles. The first-order valence-corrected chi connectivity index (χ1v) is 5.45. The van der Waals surface area contributed by atoms with Crippen molar-refractivity contribution in [3.05, 3.63) is 40.6 Å². The minimum Gasteiger partial charge on any atom is -0.347 e. The normalized spacial score (nSPS) is 10.8. The van der Waals surface area contributed by atoms with E-state index in [4.69, 9.17) is 0 Å². The number of aryl methyl sites for hydroxylation is 1. The van der Waals surface area contributed by atoms with Gasteiger partial charge in [0.1, 0.15) is 0 Å². The summed E-state index contributed by atoms with van der Waals surface area (Å²) < 4.78 is 2.14. The SMILES string of the molecule is CCCCn1ccc2cc([N+](=O)[O-])ccc21. The molecule has 0 aliphatic carbocycles. The summed E-state index contributed by atoms with van der Waals surface area (Å²) in [5.74, 6) is 0. The first-order chi connectivity index (χ1) is 7.72. The first-order valence-electron chi connectivity index (χ1n) is 5.45. The molecule has 0 atom stereocenters. The third kappa shape index (κ3) is 1.91. The Morgan fingerprint density at radius 2 is 2.19 bits per heavy atom. The van der Waals surface area contributed by atoms with Gasteiger partial charge in [0.25, 0.3) is 5.69 Å². The molecule has 1 aromatic carbocycles. The van der Waals surface area contributed by atoms with Crippen LogP contribution in [0.4, 0.5) is 5.69 Å². The fourth-order valence-electron chi connectivity index (χ4n) is 1.82. The summed E-state index contributed by atoms with van der Waals surface area (Å²) in [6, 6.07) is 6.93. The molecule has 0 amide bonds. The highest BCUT2D eigenvalue weighted by Crippen LogP contribution is 2.22. The van der Waals surface area contributed by atoms with Crippen LogP contribution in [0.2, 0.25) is 0 Å². The standard InChI is InChI=1S/C12H14N2O2/c1-2-3-7-13-8-6-10-9-11(14(15)16)4-5-12(10)13/h4-6,8-9H,2-3,7H2,1H3. The molecule has 0 spiro atoms. The van der Waals surface area contributed by atoms with Gasteiger partial charge in [-0.2, -0.15) is 0 Å². The molecule has 2 rings (SSSR count). The molecule has 0 unspecified atom stereocenters. The van der Waals surface area contributed by atoms with Gasteiger partial charge in [-0.15, -0.1) is 0 Å². The van der Waals surface area contributed by atoms with Crippen molar-refractivity contribution in [3.63, 3.8) is 0 Å². The fraction of sp³-hybridized carbons (Fsp3) is 0.333. The third-order valence-corrected chi connectivity index (χ3v) is 2.72. The largest absolute Gasteiger partial charge is 0.347 e. The number of benzene rings is 1. The Morgan fingerprint density at radius 3 is 2.88 bits per heavy atom. The van der Waals surface area contributed by atoms with Crippen molar-refractivity contribution < 1.29 is 4.92 Å². The van der Waals surface area contributed by atoms with Gasteiger partial charge < -0.3 is 4.57 Å². The highest BCUT2D eigenvalue weighted by molar-refractivity contribution is 5.82. The van der Waals surface area contributed by atoms with E-state index in [1.165, 1.54) is 0 Å². The fourth-order valence-corrected chi connectivity index (χ4v) is 1.82. The van der Waals surface area contributed by atoms with Crippen molar-refractivity contribution >= 4 is 16.6 Å². The van der Waals surface area contributed by atoms with Crippen LogP contribution in [0.1, 0.15) is 19.8 Å². The number of nitro benzene ring substituents is 1. The molecule has 0 radical (unpaired) electrons. The lowest BCUT2D eigenvalue weighted by Gasteiger charge is -2.03. The Morgan fingerprint density at radius 1 is 1.38 bits per heavy atom. The van der Waals surface area contributed by atoms with Crippen molar-refractivity contribution in [3.8, 4) is 0 Å². The number of nitrogens with zero attached hydrogens (tertiary/aromatic N) is 2. The molecule has 0 N–H and O–H groups in total. The van der Waals surface area contributed by atoms with Gasteiger partial charge >= 0.3 is 0 Å². The van der Waals surface area contributed by atoms with Gasteiger partial charge in [-0.05, 0) is 18.6 Å². The maximum absolute atomic E-state index is 10.6. The zero-order valence-electron chi connectivity index (χ0n) is 9.22. The lowest BCUT2D eigenvalue weighted by Crippen LogP contribution is -1.95. The predicted molar refractivity (Wildman–Crippen MR) is 63.5 cm³/mol. The summed E-state index contributed by atoms with van der Waals surface area (Å²) in [6.07, 6.45) is 4.26. The van der Waals surface area contributed by atoms with E-state index in [0.717, 1.165) is 30.3 Å². The highest BCUT2D eigenvalue weighted by atomic mass is 16.6. The molecule has 0 bridgehead atoms. The Labute approximate surface area is 93.6 Å². The minimum absolute atomic E-state index is 0.153. The molecule has 84 valence electrons. The van der Waals surface area contributed by atoms with Crippen LogP contribution >= 0.6 is 0 Å². The predicted octanol–water partition coefficient (Wildman–Crippen LogP) is 3.35. The van der Waals surface area contributed by atoms with E-state index in [0.29, 0.717) is 0 Å². The second-order valence-electron chi connectivity index (χ2n) is 3.86. The second-order valence-corrected chi connectivity index (χ2v) is 3.86. The van der Waals surface area contributed by atoms with E-state index in [-0.39, 0.29) is 10.6 Å². The molecular formula is C12H14N2O2. The smallest absolute Gasteiger partial charge is 0.270 e. The third-order valence-electron chi connectivity index (χ3n) is 2.72. The molecule has 1 aromatic heterocycles. The van der Waals surface area contributed by atoms with E-state index >= 15 is 0 Å². The minimum atomic E-state index is -0.358. The lowest BCUT2D eigenvalue weighted by atomic mass is 10.2. The highest BCUT2D eigenvalue weighted by Gasteiger charge is 2.08. The Bertz CT molecular complexity index is 517. The number of hydrogen-bond donors (Lipinski definition) is 0. The zero-order chi connectivity index (χ0) is 11.5. The summed E-state index contributed by atoms with van der Waals surface area (Å²) in [5.41, 5.74) is 1.22. The van der Waals surface area contributed by atoms with Crippen molar-refractivity contribution in [1.82, 2.24) is 4.57 Å². The molecule has 0 fully saturated rings. The van der Waals surface area contributed by atoms with Gasteiger partial charge in [0.2, 0.25) is 0 Å². The van der Waals surface area contributed by atoms with Crippen LogP contribution in [0, 0.1) is 10.1 Å². The maximum Gasteiger partial charge on any atom is 0.270 e. The number of aromatic nitrogens is 1. The van der Waals surface area contributed by atoms with E-state index in [1.807, 2.05) is 18.3 Å². The van der Waals surface area contributed by atoms with Gasteiger partial charge in [0.05, 0.1) is 4.92 Å². The van der Waals surface area contributed by atoms with Crippen LogP contribution in [-0.4, -0.2) is 9.49 Å². The van der Waals surface area contributed by atoms with E-state index in [2.05, 4.69) is 11.5 Å². The summed E-state index contributed by atoms with van der Waals surface area (Å²) in [7, 11) is 0. The Kier molecular flexibility index (Phi) is 2.90. The van der Waals surface area contributed by atoms with Crippen LogP contribution in [0.5, 0.6) is 0 Å². The molecule has 0 saturated heterocycles. The van der Waals surface area contributed by atoms with Crippen LogP contribution in [0.15, 0.2) is 30.5 Å². The van der Waals surface area contributed by atoms with Crippen LogP contribution in [0.25, 0.3) is 10.9 Å². The van der Waals surface area contributed by atoms with Crippen LogP contribution < -0.4 is 0 Å². The molecule has 2 aromatic rings. The number of rotatable bonds is 4. The van der Waals surface area contributed by atoms with E-state index in [1.54, 1.807) is 12.1 Å². The lowest BCUT2D eigenvalue weighted by molar-refractivity contribution is -0.384. The van der Waals surface area contributed by atoms with Crippen molar-refractivity contribution in [2.45, 2.75) is 26.3 Å². The molecule has 16 heavy (non-hydrogen) atoms. The number of unbranched alkanes of at least 4 members (excludes halogenated alkanes) is 1. The number of fused-ring (bicyclic) bond motifs is 1. The van der Waals surface area contributed by atoms with Gasteiger partial charge in [-0.3, -0.25) is 10.1 Å². The van der Waals surface area contributed by atoms with Crippen LogP contribution in [0.3, 0.4) is 0 Å². The number of nitro groups is 1. The Hall–Kier alpha value is -1.84. The average Bonchev–Trinajstić information content (AvgIpc) is 2.68. The first kappa shape index (κ1) is 10.7. The Balaban J connectivity index is 2.38. The molecular weight excluding hydrogens is 204 g/mol. The molecule has 0 saturated carbocycles. The molecule has 4 nitrogen and oxygen atoms in total. The van der Waals surface area contributed by atoms with Gasteiger partial charge in [0, 0.05) is 35.8 Å². The summed E-state index contributed by atoms with van der Waals surface area (Å²) >= 11 is 0. The van der Waals surface area contributed by atoms with E-state index in [9.17, 15) is 10.1 Å². The molecule has 4 heteroatoms. The summed E-state index contributed by atoms with van der Waals surface area (Å²) in [5, 5.41) is 11.6. The second kappa shape index (κ2) is 4.35. The van der Waals surface area contributed by atoms with Gasteiger partial charge in [-0.25, -0.2) is 0 Å². The maximum atomic E-state index is 10.6. The van der Waals surface area contributed by atoms with Crippen molar-refractivity contribution in [2.24, 2.45) is 0 Å². The van der Waals surface area contributed by atoms with Gasteiger partial charge in [-0.1, -0.05) is 13.3 Å². The van der Waals surface area contributed by atoms with Crippen LogP contribution in [-0.2, 0) is 6.54 Å².